The van der Waals surface area contributed by atoms with E-state index in [1.54, 1.807) is 7.11 Å². The normalized spacial score (nSPS) is 11.6. The molecule has 0 aliphatic rings. The Morgan fingerprint density at radius 2 is 1.94 bits per heavy atom. The molecule has 5 heteroatoms. The summed E-state index contributed by atoms with van der Waals surface area (Å²) in [5, 5.41) is 0. The molecule has 0 saturated carbocycles. The van der Waals surface area contributed by atoms with Crippen LogP contribution in [0.4, 0.5) is 5.82 Å². The van der Waals surface area contributed by atoms with Gasteiger partial charge in [0.05, 0.1) is 18.8 Å². The molecule has 0 unspecified atom stereocenters. The molecule has 1 heterocycles. The maximum absolute atomic E-state index is 5.81. The number of nitrogens with two attached hydrogens (primary N) is 1. The molecule has 1 aromatic carbocycles. The lowest BCUT2D eigenvalue weighted by Crippen LogP contribution is -2.13. The number of rotatable bonds is 2. The molecular weight excluding hydrogens is 246 g/mol. The van der Waals surface area contributed by atoms with Gasteiger partial charge in [0, 0.05) is 11.1 Å². The number of aromatic nitrogens is 2. The Labute approximate surface area is 111 Å². The minimum absolute atomic E-state index is 0.000431. The van der Waals surface area contributed by atoms with Crippen LogP contribution in [0.2, 0.25) is 0 Å². The van der Waals surface area contributed by atoms with E-state index in [2.05, 4.69) is 35.6 Å². The maximum Gasteiger partial charge on any atom is 0.165 e. The van der Waals surface area contributed by atoms with Gasteiger partial charge in [0.25, 0.3) is 0 Å². The summed E-state index contributed by atoms with van der Waals surface area (Å²) in [5.41, 5.74) is 8.66. The van der Waals surface area contributed by atoms with Crippen molar-refractivity contribution in [2.75, 3.05) is 12.8 Å². The third-order valence-corrected chi connectivity index (χ3v) is 3.34. The van der Waals surface area contributed by atoms with Crippen LogP contribution in [0.1, 0.15) is 26.3 Å². The minimum atomic E-state index is -0.000431. The maximum atomic E-state index is 5.81. The topological polar surface area (TPSA) is 61.0 Å². The Morgan fingerprint density at radius 3 is 2.44 bits per heavy atom. The van der Waals surface area contributed by atoms with Crippen LogP contribution in [-0.2, 0) is 5.41 Å². The van der Waals surface area contributed by atoms with Crippen LogP contribution in [0.25, 0.3) is 11.3 Å². The average Bonchev–Trinajstić information content (AvgIpc) is 2.73. The van der Waals surface area contributed by atoms with Crippen molar-refractivity contribution in [3.05, 3.63) is 23.8 Å². The van der Waals surface area contributed by atoms with Gasteiger partial charge in [-0.3, -0.25) is 0 Å². The Morgan fingerprint density at radius 1 is 1.22 bits per heavy atom. The van der Waals surface area contributed by atoms with Crippen molar-refractivity contribution in [3.8, 4) is 17.0 Å². The van der Waals surface area contributed by atoms with E-state index in [-0.39, 0.29) is 5.41 Å². The van der Waals surface area contributed by atoms with Crippen molar-refractivity contribution in [2.45, 2.75) is 26.2 Å². The summed E-state index contributed by atoms with van der Waals surface area (Å²) in [4.78, 5) is 0. The van der Waals surface area contributed by atoms with Gasteiger partial charge in [-0.1, -0.05) is 20.8 Å². The lowest BCUT2D eigenvalue weighted by molar-refractivity contribution is 0.397. The number of ether oxygens (including phenoxy) is 1. The second-order valence-electron chi connectivity index (χ2n) is 5.16. The first-order chi connectivity index (χ1) is 8.43. The molecule has 0 aliphatic carbocycles. The Kier molecular flexibility index (Phi) is 3.26. The van der Waals surface area contributed by atoms with Gasteiger partial charge in [-0.25, -0.2) is 0 Å². The van der Waals surface area contributed by atoms with E-state index in [0.717, 1.165) is 34.3 Å². The fraction of sp³-hybridized carbons (Fsp3) is 0.385. The van der Waals surface area contributed by atoms with Crippen LogP contribution < -0.4 is 10.5 Å². The van der Waals surface area contributed by atoms with Gasteiger partial charge in [0.1, 0.15) is 11.4 Å². The van der Waals surface area contributed by atoms with Crippen molar-refractivity contribution in [2.24, 2.45) is 0 Å². The van der Waals surface area contributed by atoms with Gasteiger partial charge in [0.2, 0.25) is 0 Å². The molecule has 0 fully saturated rings. The molecule has 2 N–H and O–H groups in total. The number of hydrogen-bond donors (Lipinski definition) is 1. The van der Waals surface area contributed by atoms with Gasteiger partial charge in [-0.2, -0.15) is 8.75 Å². The molecule has 4 nitrogen and oxygen atoms in total. The monoisotopic (exact) mass is 263 g/mol. The number of nitrogens with zero attached hydrogens (tertiary/aromatic N) is 2. The van der Waals surface area contributed by atoms with Crippen LogP contribution in [0.3, 0.4) is 0 Å². The van der Waals surface area contributed by atoms with Gasteiger partial charge in [0.15, 0.2) is 5.82 Å². The summed E-state index contributed by atoms with van der Waals surface area (Å²) >= 11 is 1.13. The zero-order valence-corrected chi connectivity index (χ0v) is 11.8. The van der Waals surface area contributed by atoms with E-state index in [1.807, 2.05) is 12.1 Å². The average molecular weight is 263 g/mol. The van der Waals surface area contributed by atoms with Gasteiger partial charge < -0.3 is 10.5 Å². The molecular formula is C13H17N3OS. The second kappa shape index (κ2) is 4.57. The lowest BCUT2D eigenvalue weighted by atomic mass is 9.85. The first kappa shape index (κ1) is 12.8. The molecule has 18 heavy (non-hydrogen) atoms. The Bertz CT molecular complexity index is 558. The molecule has 0 radical (unpaired) electrons. The van der Waals surface area contributed by atoms with Crippen LogP contribution in [0.5, 0.6) is 5.75 Å². The summed E-state index contributed by atoms with van der Waals surface area (Å²) in [6.45, 7) is 6.45. The highest BCUT2D eigenvalue weighted by Gasteiger charge is 2.20. The molecule has 0 saturated heterocycles. The zero-order chi connectivity index (χ0) is 13.3. The molecule has 1 aromatic heterocycles. The largest absolute Gasteiger partial charge is 0.496 e. The van der Waals surface area contributed by atoms with E-state index in [4.69, 9.17) is 10.5 Å². The molecule has 2 aromatic rings. The molecule has 0 atom stereocenters. The summed E-state index contributed by atoms with van der Waals surface area (Å²) in [7, 11) is 1.68. The molecule has 2 rings (SSSR count). The minimum Gasteiger partial charge on any atom is -0.496 e. The fourth-order valence-corrected chi connectivity index (χ4v) is 2.33. The third-order valence-electron chi connectivity index (χ3n) is 2.79. The highest BCUT2D eigenvalue weighted by Crippen LogP contribution is 2.35. The third kappa shape index (κ3) is 2.31. The summed E-state index contributed by atoms with van der Waals surface area (Å²) < 4.78 is 13.6. The predicted octanol–water partition coefficient (Wildman–Crippen LogP) is 3.09. The van der Waals surface area contributed by atoms with Crippen molar-refractivity contribution in [3.63, 3.8) is 0 Å². The zero-order valence-electron chi connectivity index (χ0n) is 11.0. The highest BCUT2D eigenvalue weighted by molar-refractivity contribution is 6.99. The second-order valence-corrected chi connectivity index (χ2v) is 5.69. The van der Waals surface area contributed by atoms with Crippen molar-refractivity contribution in [1.82, 2.24) is 8.75 Å². The first-order valence-corrected chi connectivity index (χ1v) is 6.43. The van der Waals surface area contributed by atoms with Crippen LogP contribution >= 0.6 is 11.7 Å². The van der Waals surface area contributed by atoms with Gasteiger partial charge >= 0.3 is 0 Å². The summed E-state index contributed by atoms with van der Waals surface area (Å²) in [6, 6.07) is 5.99. The van der Waals surface area contributed by atoms with Gasteiger partial charge in [-0.05, 0) is 23.6 Å². The molecule has 0 aliphatic heterocycles. The lowest BCUT2D eigenvalue weighted by Gasteiger charge is -2.22. The number of benzene rings is 1. The smallest absolute Gasteiger partial charge is 0.165 e. The van der Waals surface area contributed by atoms with E-state index in [0.29, 0.717) is 5.82 Å². The summed E-state index contributed by atoms with van der Waals surface area (Å²) in [5.74, 6) is 1.36. The number of methoxy groups -OCH3 is 1. The van der Waals surface area contributed by atoms with Crippen molar-refractivity contribution >= 4 is 17.5 Å². The number of hydrogen-bond acceptors (Lipinski definition) is 5. The standard InChI is InChI=1S/C13H17N3OS/c1-13(2,3)9-7-8(5-6-10(9)17-4)11-12(14)16-18-15-11/h5-7H,1-4H3,(H2,14,16). The molecule has 0 spiro atoms. The molecule has 0 amide bonds. The first-order valence-electron chi connectivity index (χ1n) is 5.70. The van der Waals surface area contributed by atoms with Crippen molar-refractivity contribution < 1.29 is 4.74 Å². The predicted molar refractivity (Wildman–Crippen MR) is 75.0 cm³/mol. The van der Waals surface area contributed by atoms with E-state index in [9.17, 15) is 0 Å². The SMILES string of the molecule is COc1ccc(-c2nsnc2N)cc1C(C)(C)C. The van der Waals surface area contributed by atoms with E-state index in [1.165, 1.54) is 0 Å². The highest BCUT2D eigenvalue weighted by atomic mass is 32.1. The Balaban J connectivity index is 2.57. The number of anilines is 1. The Hall–Kier alpha value is -1.62. The van der Waals surface area contributed by atoms with E-state index >= 15 is 0 Å². The number of nitrogen functional groups attached to an aromatic ring is 1. The van der Waals surface area contributed by atoms with Crippen LogP contribution in [0.15, 0.2) is 18.2 Å². The van der Waals surface area contributed by atoms with Crippen LogP contribution in [0, 0.1) is 0 Å². The fourth-order valence-electron chi connectivity index (χ4n) is 1.84. The van der Waals surface area contributed by atoms with Crippen LogP contribution in [-0.4, -0.2) is 15.9 Å². The molecule has 0 bridgehead atoms. The van der Waals surface area contributed by atoms with E-state index < -0.39 is 0 Å². The molecule has 96 valence electrons. The summed E-state index contributed by atoms with van der Waals surface area (Å²) in [6.07, 6.45) is 0. The van der Waals surface area contributed by atoms with Gasteiger partial charge in [-0.15, -0.1) is 0 Å². The quantitative estimate of drug-likeness (QED) is 0.904. The van der Waals surface area contributed by atoms with Crippen molar-refractivity contribution in [1.29, 1.82) is 0 Å².